The summed E-state index contributed by atoms with van der Waals surface area (Å²) in [5.74, 6) is -0.629. The normalized spacial score (nSPS) is 14.8. The number of methoxy groups -OCH3 is 1. The Morgan fingerprint density at radius 3 is 2.36 bits per heavy atom. The number of nitrogens with zero attached hydrogens (tertiary/aromatic N) is 2. The molecule has 1 aliphatic rings. The summed E-state index contributed by atoms with van der Waals surface area (Å²) in [6, 6.07) is 11.8. The van der Waals surface area contributed by atoms with Crippen molar-refractivity contribution in [3.63, 3.8) is 0 Å². The van der Waals surface area contributed by atoms with E-state index >= 15 is 0 Å². The van der Waals surface area contributed by atoms with E-state index in [1.54, 1.807) is 43.5 Å². The summed E-state index contributed by atoms with van der Waals surface area (Å²) >= 11 is 13.3. The van der Waals surface area contributed by atoms with E-state index in [-0.39, 0.29) is 33.5 Å². The molecule has 1 saturated carbocycles. The summed E-state index contributed by atoms with van der Waals surface area (Å²) < 4.78 is 23.2. The van der Waals surface area contributed by atoms with E-state index in [1.165, 1.54) is 17.0 Å². The second kappa shape index (κ2) is 12.0. The molecule has 36 heavy (non-hydrogen) atoms. The van der Waals surface area contributed by atoms with E-state index in [1.807, 2.05) is 0 Å². The molecule has 6 nitrogen and oxygen atoms in total. The Morgan fingerprint density at radius 2 is 1.78 bits per heavy atom. The predicted molar refractivity (Wildman–Crippen MR) is 139 cm³/mol. The molecule has 0 aliphatic heterocycles. The fraction of sp³-hybridized carbons (Fsp3) is 0.346. The zero-order chi connectivity index (χ0) is 25.7. The summed E-state index contributed by atoms with van der Waals surface area (Å²) in [6.07, 6.45) is 5.01. The minimum Gasteiger partial charge on any atom is -0.497 e. The second-order valence-corrected chi connectivity index (χ2v) is 10.5. The molecule has 0 saturated heterocycles. The molecule has 0 bridgehead atoms. The molecule has 0 spiro atoms. The highest BCUT2D eigenvalue weighted by Crippen LogP contribution is 2.34. The number of halogens is 3. The van der Waals surface area contributed by atoms with Crippen molar-refractivity contribution < 1.29 is 18.7 Å². The van der Waals surface area contributed by atoms with Gasteiger partial charge in [-0.3, -0.25) is 9.59 Å². The van der Waals surface area contributed by atoms with Crippen molar-refractivity contribution in [2.75, 3.05) is 7.11 Å². The van der Waals surface area contributed by atoms with Gasteiger partial charge in [0.25, 0.3) is 5.91 Å². The van der Waals surface area contributed by atoms with Crippen molar-refractivity contribution in [1.29, 1.82) is 0 Å². The molecule has 0 unspecified atom stereocenters. The maximum Gasteiger partial charge on any atom is 0.276 e. The molecule has 0 radical (unpaired) electrons. The fourth-order valence-electron chi connectivity index (χ4n) is 4.38. The van der Waals surface area contributed by atoms with E-state index in [2.05, 4.69) is 9.69 Å². The first-order chi connectivity index (χ1) is 17.4. The lowest BCUT2D eigenvalue weighted by molar-refractivity contribution is -0.127. The van der Waals surface area contributed by atoms with Gasteiger partial charge in [0.15, 0.2) is 5.69 Å². The van der Waals surface area contributed by atoms with Crippen LogP contribution in [0, 0.1) is 5.82 Å². The van der Waals surface area contributed by atoms with Crippen molar-refractivity contribution in [3.8, 4) is 5.75 Å². The van der Waals surface area contributed by atoms with Crippen LogP contribution in [0.25, 0.3) is 0 Å². The largest absolute Gasteiger partial charge is 0.497 e. The van der Waals surface area contributed by atoms with Gasteiger partial charge in [-0.15, -0.1) is 0 Å². The van der Waals surface area contributed by atoms with Crippen LogP contribution in [0.2, 0.25) is 9.36 Å². The number of benzene rings is 2. The molecule has 190 valence electrons. The van der Waals surface area contributed by atoms with Gasteiger partial charge in [-0.2, -0.15) is 4.37 Å². The van der Waals surface area contributed by atoms with Crippen LogP contribution in [0.4, 0.5) is 4.39 Å². The minimum atomic E-state index is -0.994. The Hall–Kier alpha value is -2.68. The third kappa shape index (κ3) is 6.17. The Balaban J connectivity index is 1.76. The van der Waals surface area contributed by atoms with Crippen LogP contribution in [0.1, 0.15) is 59.8 Å². The lowest BCUT2D eigenvalue weighted by Crippen LogP contribution is -2.47. The first-order valence-corrected chi connectivity index (χ1v) is 13.2. The molecular formula is C26H26Cl2FN3O3S. The Labute approximate surface area is 223 Å². The molecule has 1 heterocycles. The van der Waals surface area contributed by atoms with Gasteiger partial charge in [-0.1, -0.05) is 66.7 Å². The summed E-state index contributed by atoms with van der Waals surface area (Å²) in [5, 5.41) is 3.19. The maximum absolute atomic E-state index is 13.8. The average molecular weight is 550 g/mol. The van der Waals surface area contributed by atoms with Crippen molar-refractivity contribution in [3.05, 3.63) is 80.5 Å². The molecule has 1 aliphatic carbocycles. The third-order valence-electron chi connectivity index (χ3n) is 6.27. The van der Waals surface area contributed by atoms with Gasteiger partial charge in [-0.05, 0) is 59.8 Å². The van der Waals surface area contributed by atoms with Crippen LogP contribution in [0.3, 0.4) is 0 Å². The Morgan fingerprint density at radius 1 is 1.11 bits per heavy atom. The Bertz CT molecular complexity index is 1200. The molecule has 1 aromatic heterocycles. The molecule has 1 N–H and O–H groups in total. The smallest absolute Gasteiger partial charge is 0.276 e. The van der Waals surface area contributed by atoms with Crippen molar-refractivity contribution in [1.82, 2.24) is 14.6 Å². The van der Waals surface area contributed by atoms with Gasteiger partial charge in [0, 0.05) is 12.6 Å². The molecule has 1 atom stereocenters. The summed E-state index contributed by atoms with van der Waals surface area (Å²) in [7, 11) is 1.56. The summed E-state index contributed by atoms with van der Waals surface area (Å²) in [6.45, 7) is 0.0272. The minimum absolute atomic E-state index is 0.0272. The van der Waals surface area contributed by atoms with Crippen LogP contribution in [0.5, 0.6) is 5.75 Å². The van der Waals surface area contributed by atoms with Crippen molar-refractivity contribution >= 4 is 46.5 Å². The van der Waals surface area contributed by atoms with Crippen LogP contribution >= 0.6 is 34.7 Å². The molecular weight excluding hydrogens is 524 g/mol. The number of nitrogens with one attached hydrogen (secondary N) is 1. The maximum atomic E-state index is 13.8. The predicted octanol–water partition coefficient (Wildman–Crippen LogP) is 6.43. The van der Waals surface area contributed by atoms with Crippen LogP contribution < -0.4 is 10.1 Å². The highest BCUT2D eigenvalue weighted by Gasteiger charge is 2.35. The fourth-order valence-corrected chi connectivity index (χ4v) is 5.37. The molecule has 3 aromatic rings. The molecule has 2 amide bonds. The zero-order valence-electron chi connectivity index (χ0n) is 19.7. The number of ether oxygens (including phenoxy) is 1. The van der Waals surface area contributed by atoms with Gasteiger partial charge in [0.1, 0.15) is 27.0 Å². The lowest BCUT2D eigenvalue weighted by Gasteiger charge is -2.33. The highest BCUT2D eigenvalue weighted by molar-refractivity contribution is 7.11. The quantitative estimate of drug-likeness (QED) is 0.351. The van der Waals surface area contributed by atoms with Gasteiger partial charge < -0.3 is 15.0 Å². The topological polar surface area (TPSA) is 71.5 Å². The summed E-state index contributed by atoms with van der Waals surface area (Å²) in [4.78, 5) is 29.0. The number of aromatic nitrogens is 1. The van der Waals surface area contributed by atoms with E-state index in [0.29, 0.717) is 16.9 Å². The molecule has 4 rings (SSSR count). The first kappa shape index (κ1) is 26.4. The van der Waals surface area contributed by atoms with Gasteiger partial charge in [0.2, 0.25) is 5.91 Å². The van der Waals surface area contributed by atoms with Gasteiger partial charge >= 0.3 is 0 Å². The standard InChI is InChI=1S/C26H26Cl2FN3O3S/c1-35-20-13-9-17(10-14-20)23(25(33)30-19-5-3-2-4-6-19)32(15-16-7-11-18(29)12-8-16)26(34)22-21(27)24(28)36-31-22/h7-14,19,23H,2-6,15H2,1H3,(H,30,33)/t23-/m0/s1. The van der Waals surface area contributed by atoms with Gasteiger partial charge in [-0.25, -0.2) is 4.39 Å². The number of hydrogen-bond donors (Lipinski definition) is 1. The molecule has 1 fully saturated rings. The lowest BCUT2D eigenvalue weighted by atomic mass is 9.94. The van der Waals surface area contributed by atoms with Crippen LogP contribution in [-0.4, -0.2) is 34.2 Å². The number of rotatable bonds is 8. The Kier molecular flexibility index (Phi) is 8.82. The number of carbonyl (C=O) groups excluding carboxylic acids is 2. The van der Waals surface area contributed by atoms with E-state index in [4.69, 9.17) is 27.9 Å². The third-order valence-corrected chi connectivity index (χ3v) is 7.88. The van der Waals surface area contributed by atoms with Crippen molar-refractivity contribution in [2.45, 2.75) is 50.7 Å². The number of hydrogen-bond acceptors (Lipinski definition) is 5. The van der Waals surface area contributed by atoms with E-state index in [9.17, 15) is 14.0 Å². The van der Waals surface area contributed by atoms with Crippen LogP contribution in [0.15, 0.2) is 48.5 Å². The number of amides is 2. The average Bonchev–Trinajstić information content (AvgIpc) is 3.23. The highest BCUT2D eigenvalue weighted by atomic mass is 35.5. The molecule has 2 aromatic carbocycles. The second-order valence-electron chi connectivity index (χ2n) is 8.70. The monoisotopic (exact) mass is 549 g/mol. The SMILES string of the molecule is COc1ccc([C@@H](C(=O)NC2CCCCC2)N(Cc2ccc(F)cc2)C(=O)c2nsc(Cl)c2Cl)cc1. The van der Waals surface area contributed by atoms with Gasteiger partial charge in [0.05, 0.1) is 7.11 Å². The first-order valence-electron chi connectivity index (χ1n) is 11.7. The van der Waals surface area contributed by atoms with E-state index < -0.39 is 17.8 Å². The van der Waals surface area contributed by atoms with E-state index in [0.717, 1.165) is 43.6 Å². The zero-order valence-corrected chi connectivity index (χ0v) is 22.0. The summed E-state index contributed by atoms with van der Waals surface area (Å²) in [5.41, 5.74) is 1.21. The van der Waals surface area contributed by atoms with Crippen molar-refractivity contribution in [2.24, 2.45) is 0 Å². The van der Waals surface area contributed by atoms with Crippen LogP contribution in [-0.2, 0) is 11.3 Å². The molecule has 10 heteroatoms. The number of carbonyl (C=O) groups is 2.